The summed E-state index contributed by atoms with van der Waals surface area (Å²) in [6.07, 6.45) is -2.91. The first-order chi connectivity index (χ1) is 8.37. The predicted octanol–water partition coefficient (Wildman–Crippen LogP) is 2.46. The Hall–Kier alpha value is -1.37. The molecule has 0 saturated carbocycles. The van der Waals surface area contributed by atoms with Crippen molar-refractivity contribution < 1.29 is 17.6 Å². The Kier molecular flexibility index (Phi) is 4.89. The molecule has 0 aliphatic carbocycles. The minimum Gasteiger partial charge on any atom is -0.347 e. The van der Waals surface area contributed by atoms with Gasteiger partial charge in [0.25, 0.3) is 0 Å². The second kappa shape index (κ2) is 5.99. The van der Waals surface area contributed by atoms with Gasteiger partial charge in [0.15, 0.2) is 0 Å². The Morgan fingerprint density at radius 3 is 2.56 bits per heavy atom. The number of hydrogen-bond donors (Lipinski definition) is 1. The van der Waals surface area contributed by atoms with Crippen molar-refractivity contribution in [2.24, 2.45) is 5.73 Å². The number of aromatic nitrogens is 1. The maximum absolute atomic E-state index is 13.0. The molecule has 0 bridgehead atoms. The fraction of sp³-hybridized carbons (Fsp3) is 0.545. The third-order valence-corrected chi connectivity index (χ3v) is 2.29. The van der Waals surface area contributed by atoms with Crippen molar-refractivity contribution in [3.05, 3.63) is 23.6 Å². The Bertz CT molecular complexity index is 392. The molecule has 1 rings (SSSR count). The van der Waals surface area contributed by atoms with E-state index < -0.39 is 18.5 Å². The van der Waals surface area contributed by atoms with E-state index in [1.807, 2.05) is 0 Å². The highest BCUT2D eigenvalue weighted by Crippen LogP contribution is 2.24. The monoisotopic (exact) mass is 265 g/mol. The van der Waals surface area contributed by atoms with Crippen LogP contribution in [0.25, 0.3) is 0 Å². The third-order valence-electron chi connectivity index (χ3n) is 2.29. The molecule has 0 atom stereocenters. The van der Waals surface area contributed by atoms with Gasteiger partial charge in [-0.25, -0.2) is 9.37 Å². The lowest BCUT2D eigenvalue weighted by Crippen LogP contribution is -2.36. The molecule has 1 heterocycles. The summed E-state index contributed by atoms with van der Waals surface area (Å²) in [7, 11) is 0. The first kappa shape index (κ1) is 14.7. The average molecular weight is 265 g/mol. The fourth-order valence-electron chi connectivity index (χ4n) is 1.66. The highest BCUT2D eigenvalue weighted by molar-refractivity contribution is 5.47. The molecule has 0 saturated heterocycles. The zero-order chi connectivity index (χ0) is 13.8. The molecule has 0 spiro atoms. The van der Waals surface area contributed by atoms with E-state index in [0.717, 1.165) is 17.2 Å². The van der Waals surface area contributed by atoms with Crippen molar-refractivity contribution in [1.29, 1.82) is 0 Å². The van der Waals surface area contributed by atoms with Crippen LogP contribution in [0.15, 0.2) is 12.3 Å². The summed E-state index contributed by atoms with van der Waals surface area (Å²) < 4.78 is 50.3. The largest absolute Gasteiger partial charge is 0.405 e. The van der Waals surface area contributed by atoms with Crippen molar-refractivity contribution in [2.75, 3.05) is 18.0 Å². The molecule has 0 amide bonds. The fourth-order valence-corrected chi connectivity index (χ4v) is 1.66. The molecule has 7 heteroatoms. The Morgan fingerprint density at radius 1 is 1.39 bits per heavy atom. The molecule has 0 radical (unpaired) electrons. The van der Waals surface area contributed by atoms with Gasteiger partial charge < -0.3 is 10.6 Å². The van der Waals surface area contributed by atoms with Crippen molar-refractivity contribution in [2.45, 2.75) is 26.1 Å². The van der Waals surface area contributed by atoms with Crippen molar-refractivity contribution in [3.63, 3.8) is 0 Å². The van der Waals surface area contributed by atoms with Gasteiger partial charge in [0, 0.05) is 18.7 Å². The van der Waals surface area contributed by atoms with Crippen LogP contribution in [0.4, 0.5) is 23.4 Å². The topological polar surface area (TPSA) is 42.2 Å². The van der Waals surface area contributed by atoms with Crippen LogP contribution in [-0.4, -0.2) is 24.2 Å². The first-order valence-electron chi connectivity index (χ1n) is 5.53. The SMILES string of the molecule is CCCN(CC(F)(F)F)c1ncc(F)cc1CN. The maximum Gasteiger partial charge on any atom is 0.405 e. The van der Waals surface area contributed by atoms with Gasteiger partial charge in [0.2, 0.25) is 0 Å². The first-order valence-corrected chi connectivity index (χ1v) is 5.53. The standard InChI is InChI=1S/C11H15F4N3/c1-2-3-18(7-11(13,14)15)10-8(5-16)4-9(12)6-17-10/h4,6H,2-3,5,7,16H2,1H3. The number of alkyl halides is 3. The third kappa shape index (κ3) is 4.14. The zero-order valence-electron chi connectivity index (χ0n) is 9.97. The van der Waals surface area contributed by atoms with E-state index in [4.69, 9.17) is 5.73 Å². The van der Waals surface area contributed by atoms with Gasteiger partial charge in [-0.2, -0.15) is 13.2 Å². The van der Waals surface area contributed by atoms with Crippen molar-refractivity contribution >= 4 is 5.82 Å². The summed E-state index contributed by atoms with van der Waals surface area (Å²) in [5.41, 5.74) is 5.67. The molecule has 1 aromatic rings. The molecule has 0 aliphatic rings. The summed E-state index contributed by atoms with van der Waals surface area (Å²) in [5, 5.41) is 0. The van der Waals surface area contributed by atoms with Gasteiger partial charge in [-0.15, -0.1) is 0 Å². The molecule has 1 aromatic heterocycles. The molecule has 3 nitrogen and oxygen atoms in total. The van der Waals surface area contributed by atoms with E-state index in [2.05, 4.69) is 4.98 Å². The number of rotatable bonds is 5. The van der Waals surface area contributed by atoms with Crippen LogP contribution in [0.2, 0.25) is 0 Å². The Labute approximate surface area is 103 Å². The lowest BCUT2D eigenvalue weighted by atomic mass is 10.2. The summed E-state index contributed by atoms with van der Waals surface area (Å²) in [4.78, 5) is 4.79. The highest BCUT2D eigenvalue weighted by Gasteiger charge is 2.31. The van der Waals surface area contributed by atoms with E-state index >= 15 is 0 Å². The van der Waals surface area contributed by atoms with Gasteiger partial charge in [-0.3, -0.25) is 0 Å². The Balaban J connectivity index is 3.04. The molecular formula is C11H15F4N3. The van der Waals surface area contributed by atoms with Gasteiger partial charge in [0.05, 0.1) is 6.20 Å². The molecule has 2 N–H and O–H groups in total. The summed E-state index contributed by atoms with van der Waals surface area (Å²) >= 11 is 0. The number of hydrogen-bond acceptors (Lipinski definition) is 3. The van der Waals surface area contributed by atoms with E-state index in [1.54, 1.807) is 6.92 Å². The number of pyridine rings is 1. The van der Waals surface area contributed by atoms with Crippen molar-refractivity contribution in [1.82, 2.24) is 4.98 Å². The molecule has 0 aliphatic heterocycles. The van der Waals surface area contributed by atoms with Crippen LogP contribution in [0.1, 0.15) is 18.9 Å². The van der Waals surface area contributed by atoms with E-state index in [9.17, 15) is 17.6 Å². The van der Waals surface area contributed by atoms with Gasteiger partial charge in [0.1, 0.15) is 18.2 Å². The van der Waals surface area contributed by atoms with Crippen LogP contribution in [0, 0.1) is 5.82 Å². The quantitative estimate of drug-likeness (QED) is 0.831. The summed E-state index contributed by atoms with van der Waals surface area (Å²) in [5.74, 6) is -0.513. The lowest BCUT2D eigenvalue weighted by molar-refractivity contribution is -0.119. The maximum atomic E-state index is 13.0. The lowest BCUT2D eigenvalue weighted by Gasteiger charge is -2.26. The van der Waals surface area contributed by atoms with E-state index in [0.29, 0.717) is 6.42 Å². The van der Waals surface area contributed by atoms with Crippen LogP contribution < -0.4 is 10.6 Å². The van der Waals surface area contributed by atoms with Crippen LogP contribution in [0.5, 0.6) is 0 Å². The summed E-state index contributed by atoms with van der Waals surface area (Å²) in [6.45, 7) is 0.769. The number of nitrogens with two attached hydrogens (primary N) is 1. The molecule has 18 heavy (non-hydrogen) atoms. The van der Waals surface area contributed by atoms with Crippen LogP contribution in [0.3, 0.4) is 0 Å². The molecule has 0 unspecified atom stereocenters. The predicted molar refractivity (Wildman–Crippen MR) is 60.6 cm³/mol. The summed E-state index contributed by atoms with van der Waals surface area (Å²) in [6, 6.07) is 1.11. The second-order valence-electron chi connectivity index (χ2n) is 3.88. The van der Waals surface area contributed by atoms with E-state index in [1.165, 1.54) is 0 Å². The number of anilines is 1. The van der Waals surface area contributed by atoms with Gasteiger partial charge in [-0.1, -0.05) is 6.92 Å². The minimum absolute atomic E-state index is 0.0574. The molecule has 0 fully saturated rings. The molecule has 0 aromatic carbocycles. The van der Waals surface area contributed by atoms with Crippen LogP contribution in [-0.2, 0) is 6.54 Å². The van der Waals surface area contributed by atoms with Gasteiger partial charge in [-0.05, 0) is 12.5 Å². The van der Waals surface area contributed by atoms with E-state index in [-0.39, 0.29) is 24.5 Å². The average Bonchev–Trinajstić information content (AvgIpc) is 2.26. The molecular weight excluding hydrogens is 250 g/mol. The Morgan fingerprint density at radius 2 is 2.06 bits per heavy atom. The smallest absolute Gasteiger partial charge is 0.347 e. The number of nitrogens with zero attached hydrogens (tertiary/aromatic N) is 2. The van der Waals surface area contributed by atoms with Gasteiger partial charge >= 0.3 is 6.18 Å². The normalized spacial score (nSPS) is 11.7. The van der Waals surface area contributed by atoms with Crippen molar-refractivity contribution in [3.8, 4) is 0 Å². The highest BCUT2D eigenvalue weighted by atomic mass is 19.4. The molecule has 102 valence electrons. The van der Waals surface area contributed by atoms with Crippen LogP contribution >= 0.6 is 0 Å². The number of halogens is 4. The minimum atomic E-state index is -4.34. The zero-order valence-corrected chi connectivity index (χ0v) is 9.97. The second-order valence-corrected chi connectivity index (χ2v) is 3.88.